The molecular weight excluding hydrogens is 900 g/mol. The Morgan fingerprint density at radius 3 is 2.44 bits per heavy atom. The molecule has 15 nitrogen and oxygen atoms in total. The second kappa shape index (κ2) is 18.8. The third kappa shape index (κ3) is 9.85. The van der Waals surface area contributed by atoms with Crippen LogP contribution in [0.25, 0.3) is 31.4 Å². The first-order valence-electron chi connectivity index (χ1n) is 18.0. The maximum atomic E-state index is 13.6. The Morgan fingerprint density at radius 1 is 0.836 bits per heavy atom. The molecule has 9 rings (SSSR count). The number of nitrogens with one attached hydrogen (secondary N) is 2. The third-order valence-corrected chi connectivity index (χ3v) is 14.5. The number of aryl methyl sites for hydroxylation is 1. The van der Waals surface area contributed by atoms with E-state index in [0.717, 1.165) is 59.3 Å². The molecule has 0 bridgehead atoms. The highest BCUT2D eigenvalue weighted by molar-refractivity contribution is 8.01. The summed E-state index contributed by atoms with van der Waals surface area (Å²) in [4.78, 5) is 60.2. The third-order valence-electron chi connectivity index (χ3n) is 8.37. The number of benzene rings is 3. The number of thiazole rings is 1. The highest BCUT2D eigenvalue weighted by Crippen LogP contribution is 2.33. The molecule has 0 aliphatic carbocycles. The number of anilines is 2. The fraction of sp³-hybridized carbons (Fsp3) is 0.128. The van der Waals surface area contributed by atoms with Crippen molar-refractivity contribution in [3.05, 3.63) is 132 Å². The molecule has 0 radical (unpaired) electrons. The van der Waals surface area contributed by atoms with Gasteiger partial charge >= 0.3 is 5.56 Å². The maximum Gasteiger partial charge on any atom is 0.302 e. The molecule has 0 saturated carbocycles. The number of rotatable bonds is 12. The zero-order chi connectivity index (χ0) is 42.5. The lowest BCUT2D eigenvalue weighted by atomic mass is 10.1. The summed E-state index contributed by atoms with van der Waals surface area (Å²) in [6.07, 6.45) is 0.777. The van der Waals surface area contributed by atoms with Crippen molar-refractivity contribution >= 4 is 112 Å². The molecule has 2 amide bonds. The van der Waals surface area contributed by atoms with Gasteiger partial charge in [-0.2, -0.15) is 14.1 Å². The van der Waals surface area contributed by atoms with Crippen molar-refractivity contribution in [2.45, 2.75) is 27.8 Å². The van der Waals surface area contributed by atoms with Gasteiger partial charge in [0, 0.05) is 23.1 Å². The SMILES string of the molecule is CCc1nn2c(=O)cc(CSc3nc4ccc(NC(=O)c5cccs5)cc4s3)nc2s1.COc1ccc(-c2nnc3sc(SCC(=O)Nc4ccccc4F)nn3c2=O)cc1. The van der Waals surface area contributed by atoms with Crippen molar-refractivity contribution in [1.82, 2.24) is 39.4 Å². The van der Waals surface area contributed by atoms with Gasteiger partial charge in [-0.1, -0.05) is 71.3 Å². The van der Waals surface area contributed by atoms with E-state index < -0.39 is 11.4 Å². The van der Waals surface area contributed by atoms with Crippen molar-refractivity contribution < 1.29 is 18.7 Å². The molecule has 2 N–H and O–H groups in total. The summed E-state index contributed by atoms with van der Waals surface area (Å²) in [5.41, 5.74) is 2.62. The smallest absolute Gasteiger partial charge is 0.302 e. The molecule has 0 unspecified atom stereocenters. The molecular formula is C39H29FN10O5S6. The van der Waals surface area contributed by atoms with Gasteiger partial charge in [0.2, 0.25) is 15.8 Å². The molecule has 0 atom stereocenters. The van der Waals surface area contributed by atoms with Crippen LogP contribution in [0.1, 0.15) is 27.3 Å². The quantitative estimate of drug-likeness (QED) is 0.112. The van der Waals surface area contributed by atoms with Gasteiger partial charge in [0.05, 0.1) is 39.3 Å². The molecule has 0 saturated heterocycles. The zero-order valence-electron chi connectivity index (χ0n) is 31.7. The van der Waals surface area contributed by atoms with E-state index in [1.807, 2.05) is 36.6 Å². The van der Waals surface area contributed by atoms with E-state index in [1.165, 1.54) is 45.4 Å². The van der Waals surface area contributed by atoms with Crippen LogP contribution in [0.15, 0.2) is 109 Å². The van der Waals surface area contributed by atoms with E-state index in [-0.39, 0.29) is 34.5 Å². The summed E-state index contributed by atoms with van der Waals surface area (Å²) in [5, 5.41) is 24.8. The number of nitrogens with zero attached hydrogens (tertiary/aromatic N) is 8. The fourth-order valence-corrected chi connectivity index (χ4v) is 10.6. The molecule has 6 heterocycles. The molecule has 6 aromatic heterocycles. The number of methoxy groups -OCH3 is 1. The molecule has 0 spiro atoms. The Balaban J connectivity index is 0.000000169. The van der Waals surface area contributed by atoms with Gasteiger partial charge in [0.25, 0.3) is 11.5 Å². The Morgan fingerprint density at radius 2 is 1.67 bits per heavy atom. The number of amides is 2. The van der Waals surface area contributed by atoms with E-state index in [9.17, 15) is 23.6 Å². The molecule has 9 aromatic rings. The van der Waals surface area contributed by atoms with Crippen molar-refractivity contribution in [1.29, 1.82) is 0 Å². The van der Waals surface area contributed by atoms with Gasteiger partial charge in [-0.05, 0) is 72.5 Å². The van der Waals surface area contributed by atoms with Gasteiger partial charge in [-0.15, -0.1) is 38.0 Å². The highest BCUT2D eigenvalue weighted by Gasteiger charge is 2.16. The number of hydrogen-bond donors (Lipinski definition) is 2. The number of hydrogen-bond acceptors (Lipinski definition) is 17. The summed E-state index contributed by atoms with van der Waals surface area (Å²) < 4.78 is 23.6. The second-order valence-corrected chi connectivity index (χ2v) is 18.9. The van der Waals surface area contributed by atoms with Gasteiger partial charge < -0.3 is 15.4 Å². The maximum absolute atomic E-state index is 13.6. The van der Waals surface area contributed by atoms with Crippen LogP contribution in [0.2, 0.25) is 0 Å². The predicted octanol–water partition coefficient (Wildman–Crippen LogP) is 8.02. The normalized spacial score (nSPS) is 11.1. The predicted molar refractivity (Wildman–Crippen MR) is 241 cm³/mol. The summed E-state index contributed by atoms with van der Waals surface area (Å²) in [7, 11) is 1.56. The molecule has 3 aromatic carbocycles. The van der Waals surface area contributed by atoms with Crippen molar-refractivity contribution in [3.8, 4) is 17.0 Å². The van der Waals surface area contributed by atoms with Gasteiger partial charge in [0.1, 0.15) is 16.6 Å². The van der Waals surface area contributed by atoms with E-state index >= 15 is 0 Å². The highest BCUT2D eigenvalue weighted by atomic mass is 32.2. The summed E-state index contributed by atoms with van der Waals surface area (Å²) >= 11 is 8.21. The molecule has 0 aliphatic heterocycles. The van der Waals surface area contributed by atoms with Crippen LogP contribution >= 0.6 is 68.9 Å². The van der Waals surface area contributed by atoms with Gasteiger partial charge in [-0.3, -0.25) is 19.2 Å². The number of para-hydroxylation sites is 1. The van der Waals surface area contributed by atoms with Crippen molar-refractivity contribution in [2.24, 2.45) is 0 Å². The van der Waals surface area contributed by atoms with Crippen LogP contribution in [0.4, 0.5) is 15.8 Å². The number of aromatic nitrogens is 8. The van der Waals surface area contributed by atoms with E-state index in [4.69, 9.17) is 4.74 Å². The lowest BCUT2D eigenvalue weighted by Gasteiger charge is -2.04. The molecule has 22 heteroatoms. The van der Waals surface area contributed by atoms with Crippen LogP contribution in [-0.2, 0) is 17.0 Å². The van der Waals surface area contributed by atoms with Crippen molar-refractivity contribution in [3.63, 3.8) is 0 Å². The number of fused-ring (bicyclic) bond motifs is 3. The number of carbonyl (C=O) groups is 2. The van der Waals surface area contributed by atoms with Gasteiger partial charge in [-0.25, -0.2) is 14.4 Å². The van der Waals surface area contributed by atoms with Crippen LogP contribution in [0.5, 0.6) is 5.75 Å². The fourth-order valence-electron chi connectivity index (χ4n) is 5.45. The number of halogens is 1. The van der Waals surface area contributed by atoms with Crippen LogP contribution in [0.3, 0.4) is 0 Å². The topological polar surface area (TPSA) is 188 Å². The van der Waals surface area contributed by atoms with E-state index in [0.29, 0.717) is 41.9 Å². The van der Waals surface area contributed by atoms with Crippen LogP contribution in [0, 0.1) is 5.82 Å². The standard InChI is InChI=1S/C20H15N5O2S4.C19H14FN5O3S2/c1-2-16-24-25-17(26)9-12(22-19(25)31-16)10-29-20-23-13-6-5-11(8-15(13)30-20)21-18(27)14-4-3-7-28-14;1-28-12-8-6-11(7-9-12)16-17(27)25-18(23-22-16)30-19(24-25)29-10-15(26)21-14-5-3-2-4-13(14)20/h3-9H,2,10H2,1H3,(H,21,27);2-9H,10H2,1H3,(H,21,26). The second-order valence-electron chi connectivity index (χ2n) is 12.5. The summed E-state index contributed by atoms with van der Waals surface area (Å²) in [6, 6.07) is 23.7. The minimum absolute atomic E-state index is 0.00166. The Kier molecular flexibility index (Phi) is 12.9. The lowest BCUT2D eigenvalue weighted by molar-refractivity contribution is -0.113. The zero-order valence-corrected chi connectivity index (χ0v) is 36.6. The van der Waals surface area contributed by atoms with Crippen LogP contribution in [-0.4, -0.2) is 64.1 Å². The number of carbonyl (C=O) groups excluding carboxylic acids is 2. The van der Waals surface area contributed by atoms with Crippen molar-refractivity contribution in [2.75, 3.05) is 23.5 Å². The average Bonchev–Trinajstić information content (AvgIpc) is 4.10. The Labute approximate surface area is 368 Å². The molecule has 308 valence electrons. The first-order valence-corrected chi connectivity index (χ1v) is 23.3. The van der Waals surface area contributed by atoms with E-state index in [1.54, 1.807) is 72.7 Å². The molecule has 0 fully saturated rings. The van der Waals surface area contributed by atoms with Gasteiger partial charge in [0.15, 0.2) is 14.4 Å². The minimum Gasteiger partial charge on any atom is -0.497 e. The first kappa shape index (κ1) is 41.8. The molecule has 0 aliphatic rings. The number of thioether (sulfide) groups is 2. The number of ether oxygens (including phenoxy) is 1. The Hall–Kier alpha value is -5.91. The monoisotopic (exact) mass is 928 g/mol. The average molecular weight is 929 g/mol. The summed E-state index contributed by atoms with van der Waals surface area (Å²) in [6.45, 7) is 2.01. The summed E-state index contributed by atoms with van der Waals surface area (Å²) in [5.74, 6) is 0.198. The van der Waals surface area contributed by atoms with E-state index in [2.05, 4.69) is 41.0 Å². The Bertz CT molecular complexity index is 3150. The first-order chi connectivity index (χ1) is 29.6. The molecule has 61 heavy (non-hydrogen) atoms. The minimum atomic E-state index is -0.510. The van der Waals surface area contributed by atoms with Crippen LogP contribution < -0.4 is 26.5 Å². The number of thiophene rings is 1. The lowest BCUT2D eigenvalue weighted by Crippen LogP contribution is -2.19. The largest absolute Gasteiger partial charge is 0.497 e.